The lowest BCUT2D eigenvalue weighted by Gasteiger charge is -2.11. The number of hydrogen-bond acceptors (Lipinski definition) is 4. The van der Waals surface area contributed by atoms with Crippen molar-refractivity contribution in [3.8, 4) is 0 Å². The second-order valence-corrected chi connectivity index (χ2v) is 4.31. The number of benzene rings is 1. The normalized spacial score (nSPS) is 12.5. The van der Waals surface area contributed by atoms with Crippen LogP contribution >= 0.6 is 0 Å². The number of halogens is 1. The average Bonchev–Trinajstić information content (AvgIpc) is 2.75. The number of nitrogens with zero attached hydrogens (tertiary/aromatic N) is 1. The lowest BCUT2D eigenvalue weighted by atomic mass is 10.1. The molecule has 0 bridgehead atoms. The summed E-state index contributed by atoms with van der Waals surface area (Å²) in [7, 11) is 0. The molecule has 0 aliphatic rings. The summed E-state index contributed by atoms with van der Waals surface area (Å²) in [5, 5.41) is 11.8. The lowest BCUT2D eigenvalue weighted by molar-refractivity contribution is -0.138. The van der Waals surface area contributed by atoms with Crippen LogP contribution in [-0.4, -0.2) is 22.1 Å². The molecular weight excluding hydrogens is 251 g/mol. The lowest BCUT2D eigenvalue weighted by Crippen LogP contribution is -2.29. The van der Waals surface area contributed by atoms with Gasteiger partial charge in [0, 0.05) is 6.07 Å². The van der Waals surface area contributed by atoms with Crippen LogP contribution in [0.3, 0.4) is 0 Å². The Labute approximate surface area is 109 Å². The SMILES string of the molecule is CCCC[C@H](Nc1nc2cc(F)ccc2o1)C(=O)O. The Balaban J connectivity index is 2.16. The van der Waals surface area contributed by atoms with Crippen molar-refractivity contribution < 1.29 is 18.7 Å². The molecule has 2 aromatic rings. The molecule has 102 valence electrons. The number of hydrogen-bond donors (Lipinski definition) is 2. The molecule has 0 aliphatic carbocycles. The minimum Gasteiger partial charge on any atom is -0.480 e. The number of unbranched alkanes of at least 4 members (excludes halogenated alkanes) is 1. The van der Waals surface area contributed by atoms with E-state index in [1.54, 1.807) is 0 Å². The van der Waals surface area contributed by atoms with E-state index >= 15 is 0 Å². The van der Waals surface area contributed by atoms with Gasteiger partial charge in [0.15, 0.2) is 5.58 Å². The van der Waals surface area contributed by atoms with E-state index in [2.05, 4.69) is 10.3 Å². The second kappa shape index (κ2) is 5.69. The molecule has 2 rings (SSSR count). The molecule has 1 aromatic carbocycles. The van der Waals surface area contributed by atoms with Crippen LogP contribution in [0.25, 0.3) is 11.1 Å². The molecule has 0 saturated carbocycles. The zero-order valence-corrected chi connectivity index (χ0v) is 10.5. The van der Waals surface area contributed by atoms with E-state index in [1.165, 1.54) is 18.2 Å². The van der Waals surface area contributed by atoms with Crippen molar-refractivity contribution in [2.45, 2.75) is 32.2 Å². The standard InChI is InChI=1S/C13H15FN2O3/c1-2-3-4-9(12(17)18)15-13-16-10-7-8(14)5-6-11(10)19-13/h5-7,9H,2-4H2,1H3,(H,15,16)(H,17,18)/t9-/m0/s1. The molecule has 0 unspecified atom stereocenters. The zero-order valence-electron chi connectivity index (χ0n) is 10.5. The maximum absolute atomic E-state index is 13.0. The maximum atomic E-state index is 13.0. The van der Waals surface area contributed by atoms with Crippen LogP contribution < -0.4 is 5.32 Å². The zero-order chi connectivity index (χ0) is 13.8. The van der Waals surface area contributed by atoms with Gasteiger partial charge < -0.3 is 14.8 Å². The maximum Gasteiger partial charge on any atom is 0.326 e. The van der Waals surface area contributed by atoms with Crippen LogP contribution in [0.5, 0.6) is 0 Å². The molecule has 0 amide bonds. The highest BCUT2D eigenvalue weighted by atomic mass is 19.1. The number of aliphatic carboxylic acids is 1. The monoisotopic (exact) mass is 266 g/mol. The Hall–Kier alpha value is -2.11. The van der Waals surface area contributed by atoms with Gasteiger partial charge in [-0.1, -0.05) is 19.8 Å². The smallest absolute Gasteiger partial charge is 0.326 e. The molecule has 0 aliphatic heterocycles. The van der Waals surface area contributed by atoms with Gasteiger partial charge in [-0.25, -0.2) is 9.18 Å². The highest BCUT2D eigenvalue weighted by Gasteiger charge is 2.19. The summed E-state index contributed by atoms with van der Waals surface area (Å²) < 4.78 is 18.3. The van der Waals surface area contributed by atoms with Gasteiger partial charge >= 0.3 is 5.97 Å². The molecule has 5 nitrogen and oxygen atoms in total. The van der Waals surface area contributed by atoms with Crippen molar-refractivity contribution in [2.24, 2.45) is 0 Å². The van der Waals surface area contributed by atoms with Gasteiger partial charge in [0.05, 0.1) is 0 Å². The quantitative estimate of drug-likeness (QED) is 0.840. The molecule has 0 saturated heterocycles. The fourth-order valence-electron chi connectivity index (χ4n) is 1.78. The number of carboxylic acid groups (broad SMARTS) is 1. The number of carbonyl (C=O) groups is 1. The van der Waals surface area contributed by atoms with Crippen LogP contribution in [0.15, 0.2) is 22.6 Å². The fourth-order valence-corrected chi connectivity index (χ4v) is 1.78. The van der Waals surface area contributed by atoms with E-state index < -0.39 is 17.8 Å². The Morgan fingerprint density at radius 3 is 3.05 bits per heavy atom. The summed E-state index contributed by atoms with van der Waals surface area (Å²) in [5.41, 5.74) is 0.783. The Kier molecular flexibility index (Phi) is 3.99. The van der Waals surface area contributed by atoms with Crippen LogP contribution in [-0.2, 0) is 4.79 Å². The van der Waals surface area contributed by atoms with Gasteiger partial charge in [-0.3, -0.25) is 0 Å². The third kappa shape index (κ3) is 3.21. The molecule has 0 fully saturated rings. The Bertz CT molecular complexity index is 582. The van der Waals surface area contributed by atoms with Crippen LogP contribution in [0.1, 0.15) is 26.2 Å². The number of fused-ring (bicyclic) bond motifs is 1. The number of aromatic nitrogens is 1. The first kappa shape index (κ1) is 13.3. The molecule has 0 spiro atoms. The predicted molar refractivity (Wildman–Crippen MR) is 68.5 cm³/mol. The molecule has 0 radical (unpaired) electrons. The fraction of sp³-hybridized carbons (Fsp3) is 0.385. The third-order valence-electron chi connectivity index (χ3n) is 2.79. The summed E-state index contributed by atoms with van der Waals surface area (Å²) in [5.74, 6) is -1.37. The largest absolute Gasteiger partial charge is 0.480 e. The van der Waals surface area contributed by atoms with Gasteiger partial charge in [-0.2, -0.15) is 4.98 Å². The Morgan fingerprint density at radius 2 is 2.37 bits per heavy atom. The van der Waals surface area contributed by atoms with E-state index in [0.717, 1.165) is 12.8 Å². The molecule has 19 heavy (non-hydrogen) atoms. The van der Waals surface area contributed by atoms with Gasteiger partial charge in [0.25, 0.3) is 6.01 Å². The first-order chi connectivity index (χ1) is 9.10. The first-order valence-corrected chi connectivity index (χ1v) is 6.15. The summed E-state index contributed by atoms with van der Waals surface area (Å²) in [6.45, 7) is 1.99. The van der Waals surface area contributed by atoms with E-state index in [0.29, 0.717) is 17.5 Å². The van der Waals surface area contributed by atoms with Crippen molar-refractivity contribution >= 4 is 23.1 Å². The summed E-state index contributed by atoms with van der Waals surface area (Å²) in [4.78, 5) is 15.1. The molecule has 1 aromatic heterocycles. The minimum atomic E-state index is -0.957. The summed E-state index contributed by atoms with van der Waals surface area (Å²) >= 11 is 0. The van der Waals surface area contributed by atoms with E-state index in [1.807, 2.05) is 6.92 Å². The first-order valence-electron chi connectivity index (χ1n) is 6.15. The molecule has 1 atom stereocenters. The van der Waals surface area contributed by atoms with Crippen molar-refractivity contribution in [3.05, 3.63) is 24.0 Å². The predicted octanol–water partition coefficient (Wildman–Crippen LogP) is 3.02. The van der Waals surface area contributed by atoms with Gasteiger partial charge in [-0.05, 0) is 18.6 Å². The highest BCUT2D eigenvalue weighted by molar-refractivity contribution is 5.78. The number of anilines is 1. The van der Waals surface area contributed by atoms with Crippen molar-refractivity contribution in [1.82, 2.24) is 4.98 Å². The van der Waals surface area contributed by atoms with Crippen LogP contribution in [0.4, 0.5) is 10.4 Å². The average molecular weight is 266 g/mol. The second-order valence-electron chi connectivity index (χ2n) is 4.31. The van der Waals surface area contributed by atoms with Crippen molar-refractivity contribution in [3.63, 3.8) is 0 Å². The van der Waals surface area contributed by atoms with E-state index in [9.17, 15) is 9.18 Å². The number of carboxylic acids is 1. The highest BCUT2D eigenvalue weighted by Crippen LogP contribution is 2.20. The topological polar surface area (TPSA) is 75.4 Å². The van der Waals surface area contributed by atoms with Crippen LogP contribution in [0, 0.1) is 5.82 Å². The molecule has 6 heteroatoms. The van der Waals surface area contributed by atoms with Crippen LogP contribution in [0.2, 0.25) is 0 Å². The number of rotatable bonds is 6. The van der Waals surface area contributed by atoms with E-state index in [4.69, 9.17) is 9.52 Å². The van der Waals surface area contributed by atoms with Crippen molar-refractivity contribution in [1.29, 1.82) is 0 Å². The number of nitrogens with one attached hydrogen (secondary N) is 1. The van der Waals surface area contributed by atoms with Gasteiger partial charge in [0.1, 0.15) is 17.4 Å². The summed E-state index contributed by atoms with van der Waals surface area (Å²) in [6.07, 6.45) is 2.18. The summed E-state index contributed by atoms with van der Waals surface area (Å²) in [6, 6.07) is 3.32. The molecule has 1 heterocycles. The Morgan fingerprint density at radius 1 is 1.58 bits per heavy atom. The van der Waals surface area contributed by atoms with E-state index in [-0.39, 0.29) is 6.01 Å². The van der Waals surface area contributed by atoms with Gasteiger partial charge in [0.2, 0.25) is 0 Å². The van der Waals surface area contributed by atoms with Crippen molar-refractivity contribution in [2.75, 3.05) is 5.32 Å². The van der Waals surface area contributed by atoms with Gasteiger partial charge in [-0.15, -0.1) is 0 Å². The number of oxazole rings is 1. The molecular formula is C13H15FN2O3. The third-order valence-corrected chi connectivity index (χ3v) is 2.79. The molecule has 2 N–H and O–H groups in total. The minimum absolute atomic E-state index is 0.101.